The van der Waals surface area contributed by atoms with E-state index in [9.17, 15) is 4.79 Å². The van der Waals surface area contributed by atoms with Gasteiger partial charge in [0.15, 0.2) is 0 Å². The van der Waals surface area contributed by atoms with Crippen molar-refractivity contribution in [3.63, 3.8) is 0 Å². The summed E-state index contributed by atoms with van der Waals surface area (Å²) in [6.45, 7) is 4.01. The van der Waals surface area contributed by atoms with Crippen LogP contribution in [0.2, 0.25) is 0 Å². The maximum absolute atomic E-state index is 12.1. The van der Waals surface area contributed by atoms with Gasteiger partial charge in [-0.3, -0.25) is 4.79 Å². The fourth-order valence-electron chi connectivity index (χ4n) is 2.26. The maximum Gasteiger partial charge on any atom is 0.244 e. The van der Waals surface area contributed by atoms with E-state index in [0.29, 0.717) is 17.8 Å². The van der Waals surface area contributed by atoms with Crippen molar-refractivity contribution in [2.75, 3.05) is 11.1 Å². The molecule has 1 amide bonds. The summed E-state index contributed by atoms with van der Waals surface area (Å²) in [5.41, 5.74) is 9.51. The molecule has 1 aromatic carbocycles. The number of nitrogens with zero attached hydrogens (tertiary/aromatic N) is 2. The molecule has 3 N–H and O–H groups in total. The van der Waals surface area contributed by atoms with Crippen LogP contribution in [0.3, 0.4) is 0 Å². The molecule has 0 aliphatic rings. The molecule has 0 atom stereocenters. The van der Waals surface area contributed by atoms with E-state index >= 15 is 0 Å². The third-order valence-corrected chi connectivity index (χ3v) is 3.33. The Morgan fingerprint density at radius 3 is 2.62 bits per heavy atom. The van der Waals surface area contributed by atoms with Crippen molar-refractivity contribution in [1.29, 1.82) is 5.26 Å². The molecule has 21 heavy (non-hydrogen) atoms. The Kier molecular flexibility index (Phi) is 4.29. The molecule has 0 bridgehead atoms. The molecule has 0 radical (unpaired) electrons. The normalized spacial score (nSPS) is 10.1. The van der Waals surface area contributed by atoms with Crippen molar-refractivity contribution < 1.29 is 4.79 Å². The second kappa shape index (κ2) is 6.14. The summed E-state index contributed by atoms with van der Waals surface area (Å²) >= 11 is 0. The standard InChI is InChI=1S/C16H18N4O/c1-3-15-14(18)8-13(9-17)20(15)10-16(21)19-12-6-4-11(2)5-7-12/h4-8H,3,10,18H2,1-2H3,(H,19,21). The van der Waals surface area contributed by atoms with Crippen LogP contribution in [0.15, 0.2) is 30.3 Å². The van der Waals surface area contributed by atoms with Gasteiger partial charge in [-0.25, -0.2) is 0 Å². The minimum Gasteiger partial charge on any atom is -0.397 e. The smallest absolute Gasteiger partial charge is 0.244 e. The van der Waals surface area contributed by atoms with Gasteiger partial charge >= 0.3 is 0 Å². The largest absolute Gasteiger partial charge is 0.397 e. The first-order valence-corrected chi connectivity index (χ1v) is 6.79. The van der Waals surface area contributed by atoms with E-state index in [1.54, 1.807) is 10.6 Å². The summed E-state index contributed by atoms with van der Waals surface area (Å²) in [6.07, 6.45) is 0.672. The highest BCUT2D eigenvalue weighted by molar-refractivity contribution is 5.90. The number of aromatic nitrogens is 1. The van der Waals surface area contributed by atoms with Crippen LogP contribution in [0.5, 0.6) is 0 Å². The number of carbonyl (C=O) groups excluding carboxylic acids is 1. The van der Waals surface area contributed by atoms with Crippen LogP contribution in [0.25, 0.3) is 0 Å². The first kappa shape index (κ1) is 14.7. The summed E-state index contributed by atoms with van der Waals surface area (Å²) in [6, 6.07) is 11.2. The van der Waals surface area contributed by atoms with Crippen molar-refractivity contribution in [3.05, 3.63) is 47.3 Å². The monoisotopic (exact) mass is 282 g/mol. The lowest BCUT2D eigenvalue weighted by Crippen LogP contribution is -2.21. The van der Waals surface area contributed by atoms with Crippen LogP contribution in [0.1, 0.15) is 23.9 Å². The number of nitrogens with one attached hydrogen (secondary N) is 1. The molecule has 0 spiro atoms. The summed E-state index contributed by atoms with van der Waals surface area (Å²) in [5.74, 6) is -0.180. The lowest BCUT2D eigenvalue weighted by atomic mass is 10.2. The summed E-state index contributed by atoms with van der Waals surface area (Å²) < 4.78 is 1.67. The van der Waals surface area contributed by atoms with Crippen molar-refractivity contribution >= 4 is 17.3 Å². The quantitative estimate of drug-likeness (QED) is 0.903. The van der Waals surface area contributed by atoms with Gasteiger partial charge in [-0.2, -0.15) is 5.26 Å². The molecule has 0 unspecified atom stereocenters. The van der Waals surface area contributed by atoms with Gasteiger partial charge in [0.1, 0.15) is 18.3 Å². The molecule has 5 heteroatoms. The first-order valence-electron chi connectivity index (χ1n) is 6.79. The number of anilines is 2. The maximum atomic E-state index is 12.1. The SMILES string of the molecule is CCc1c(N)cc(C#N)n1CC(=O)Nc1ccc(C)cc1. The summed E-state index contributed by atoms with van der Waals surface area (Å²) in [4.78, 5) is 12.1. The number of rotatable bonds is 4. The lowest BCUT2D eigenvalue weighted by Gasteiger charge is -2.10. The minimum atomic E-state index is -0.180. The molecule has 2 aromatic rings. The molecule has 108 valence electrons. The highest BCUT2D eigenvalue weighted by atomic mass is 16.1. The topological polar surface area (TPSA) is 83.8 Å². The number of nitrogens with two attached hydrogens (primary N) is 1. The van der Waals surface area contributed by atoms with Crippen LogP contribution < -0.4 is 11.1 Å². The molecule has 1 heterocycles. The number of nitrogen functional groups attached to an aromatic ring is 1. The zero-order valence-electron chi connectivity index (χ0n) is 12.2. The Hall–Kier alpha value is -2.74. The molecule has 2 rings (SSSR count). The van der Waals surface area contributed by atoms with Crippen LogP contribution in [0.4, 0.5) is 11.4 Å². The van der Waals surface area contributed by atoms with Crippen molar-refractivity contribution in [2.45, 2.75) is 26.8 Å². The molecule has 0 fully saturated rings. The van der Waals surface area contributed by atoms with Gasteiger partial charge < -0.3 is 15.6 Å². The second-order valence-electron chi connectivity index (χ2n) is 4.90. The van der Waals surface area contributed by atoms with Gasteiger partial charge in [-0.1, -0.05) is 24.6 Å². The van der Waals surface area contributed by atoms with Gasteiger partial charge in [0.05, 0.1) is 5.69 Å². The van der Waals surface area contributed by atoms with Gasteiger partial charge in [-0.15, -0.1) is 0 Å². The fourth-order valence-corrected chi connectivity index (χ4v) is 2.26. The van der Waals surface area contributed by atoms with Crippen molar-refractivity contribution in [3.8, 4) is 6.07 Å². The highest BCUT2D eigenvalue weighted by Gasteiger charge is 2.14. The third kappa shape index (κ3) is 3.23. The Labute approximate surface area is 124 Å². The number of hydrogen-bond acceptors (Lipinski definition) is 3. The number of carbonyl (C=O) groups is 1. The van der Waals surface area contributed by atoms with Crippen LogP contribution in [-0.4, -0.2) is 10.5 Å². The Morgan fingerprint density at radius 1 is 1.38 bits per heavy atom. The molecule has 0 aliphatic heterocycles. The highest BCUT2D eigenvalue weighted by Crippen LogP contribution is 2.19. The van der Waals surface area contributed by atoms with E-state index in [4.69, 9.17) is 11.0 Å². The summed E-state index contributed by atoms with van der Waals surface area (Å²) in [7, 11) is 0. The molecule has 1 aromatic heterocycles. The van der Waals surface area contributed by atoms with Gasteiger partial charge in [0, 0.05) is 11.4 Å². The molecule has 0 saturated heterocycles. The predicted molar refractivity (Wildman–Crippen MR) is 82.7 cm³/mol. The van der Waals surface area contributed by atoms with Crippen molar-refractivity contribution in [1.82, 2.24) is 4.57 Å². The fraction of sp³-hybridized carbons (Fsp3) is 0.250. The zero-order valence-corrected chi connectivity index (χ0v) is 12.2. The number of nitriles is 1. The van der Waals surface area contributed by atoms with Crippen LogP contribution >= 0.6 is 0 Å². The number of benzene rings is 1. The first-order chi connectivity index (χ1) is 10.0. The van der Waals surface area contributed by atoms with Crippen molar-refractivity contribution in [2.24, 2.45) is 0 Å². The van der Waals surface area contributed by atoms with Gasteiger partial charge in [-0.05, 0) is 31.5 Å². The van der Waals surface area contributed by atoms with E-state index in [1.165, 1.54) is 0 Å². The zero-order chi connectivity index (χ0) is 15.4. The second-order valence-corrected chi connectivity index (χ2v) is 4.90. The third-order valence-electron chi connectivity index (χ3n) is 3.33. The number of amides is 1. The average Bonchev–Trinajstić information content (AvgIpc) is 2.76. The van der Waals surface area contributed by atoms with E-state index in [1.807, 2.05) is 38.1 Å². The predicted octanol–water partition coefficient (Wildman–Crippen LogP) is 2.45. The Balaban J connectivity index is 2.16. The van der Waals surface area contributed by atoms with Crippen LogP contribution in [-0.2, 0) is 17.8 Å². The van der Waals surface area contributed by atoms with Crippen LogP contribution in [0, 0.1) is 18.3 Å². The van der Waals surface area contributed by atoms with E-state index in [-0.39, 0.29) is 12.5 Å². The van der Waals surface area contributed by atoms with Gasteiger partial charge in [0.2, 0.25) is 5.91 Å². The molecule has 0 saturated carbocycles. The number of aryl methyl sites for hydroxylation is 1. The van der Waals surface area contributed by atoms with E-state index in [0.717, 1.165) is 16.9 Å². The average molecular weight is 282 g/mol. The molecular weight excluding hydrogens is 264 g/mol. The van der Waals surface area contributed by atoms with Gasteiger partial charge in [0.25, 0.3) is 0 Å². The minimum absolute atomic E-state index is 0.0805. The molecule has 5 nitrogen and oxygen atoms in total. The number of hydrogen-bond donors (Lipinski definition) is 2. The lowest BCUT2D eigenvalue weighted by molar-refractivity contribution is -0.116. The molecular formula is C16H18N4O. The Morgan fingerprint density at radius 2 is 2.05 bits per heavy atom. The molecule has 0 aliphatic carbocycles. The Bertz CT molecular complexity index is 692. The van der Waals surface area contributed by atoms with E-state index < -0.39 is 0 Å². The summed E-state index contributed by atoms with van der Waals surface area (Å²) in [5, 5.41) is 11.9. The van der Waals surface area contributed by atoms with E-state index in [2.05, 4.69) is 11.4 Å².